The lowest BCUT2D eigenvalue weighted by molar-refractivity contribution is -0.140. The summed E-state index contributed by atoms with van der Waals surface area (Å²) in [7, 11) is 1.50. The van der Waals surface area contributed by atoms with E-state index >= 15 is 0 Å². The van der Waals surface area contributed by atoms with Gasteiger partial charge in [0.15, 0.2) is 0 Å². The zero-order valence-electron chi connectivity index (χ0n) is 11.4. The number of carbonyl (C=O) groups excluding carboxylic acids is 1. The van der Waals surface area contributed by atoms with Crippen molar-refractivity contribution in [1.82, 2.24) is 10.6 Å². The summed E-state index contributed by atoms with van der Waals surface area (Å²) in [5, 5.41) is 5.23. The normalized spacial score (nSPS) is 11.5. The first-order chi connectivity index (χ1) is 9.84. The van der Waals surface area contributed by atoms with E-state index in [2.05, 4.69) is 10.6 Å². The molecule has 0 unspecified atom stereocenters. The molecule has 0 aliphatic heterocycles. The summed E-state index contributed by atoms with van der Waals surface area (Å²) in [5.41, 5.74) is -1.07. The molecule has 2 N–H and O–H groups in total. The fourth-order valence-corrected chi connectivity index (χ4v) is 1.58. The standard InChI is InChI=1S/C13H16F4N2O2/c1-21-5-4-19-12(20)8-18-7-9-2-3-11(14)10(6-9)13(15,16)17/h2-3,6,18H,4-5,7-8H2,1H3,(H,19,20). The van der Waals surface area contributed by atoms with Crippen molar-refractivity contribution in [1.29, 1.82) is 0 Å². The van der Waals surface area contributed by atoms with Crippen LogP contribution in [0.1, 0.15) is 11.1 Å². The van der Waals surface area contributed by atoms with E-state index in [9.17, 15) is 22.4 Å². The van der Waals surface area contributed by atoms with Gasteiger partial charge in [-0.25, -0.2) is 4.39 Å². The van der Waals surface area contributed by atoms with E-state index in [4.69, 9.17) is 4.74 Å². The highest BCUT2D eigenvalue weighted by molar-refractivity contribution is 5.77. The average Bonchev–Trinajstić information content (AvgIpc) is 2.39. The largest absolute Gasteiger partial charge is 0.419 e. The Kier molecular flexibility index (Phi) is 6.57. The van der Waals surface area contributed by atoms with E-state index in [0.717, 1.165) is 12.1 Å². The third kappa shape index (κ3) is 6.09. The fourth-order valence-electron chi connectivity index (χ4n) is 1.58. The molecule has 21 heavy (non-hydrogen) atoms. The van der Waals surface area contributed by atoms with Crippen LogP contribution in [0.25, 0.3) is 0 Å². The van der Waals surface area contributed by atoms with Crippen LogP contribution in [0, 0.1) is 5.82 Å². The minimum Gasteiger partial charge on any atom is -0.383 e. The minimum absolute atomic E-state index is 0.0288. The van der Waals surface area contributed by atoms with Gasteiger partial charge in [-0.15, -0.1) is 0 Å². The molecule has 0 bridgehead atoms. The summed E-state index contributed by atoms with van der Waals surface area (Å²) < 4.78 is 55.4. The number of methoxy groups -OCH3 is 1. The van der Waals surface area contributed by atoms with Crippen LogP contribution in [-0.2, 0) is 22.3 Å². The van der Waals surface area contributed by atoms with Crippen LogP contribution in [0.5, 0.6) is 0 Å². The molecule has 0 aliphatic carbocycles. The highest BCUT2D eigenvalue weighted by Gasteiger charge is 2.34. The van der Waals surface area contributed by atoms with Gasteiger partial charge in [-0.05, 0) is 17.7 Å². The van der Waals surface area contributed by atoms with Gasteiger partial charge in [0.2, 0.25) is 5.91 Å². The fraction of sp³-hybridized carbons (Fsp3) is 0.462. The molecule has 0 heterocycles. The van der Waals surface area contributed by atoms with Crippen molar-refractivity contribution in [3.63, 3.8) is 0 Å². The van der Waals surface area contributed by atoms with Crippen molar-refractivity contribution in [3.05, 3.63) is 35.1 Å². The van der Waals surface area contributed by atoms with Crippen LogP contribution < -0.4 is 10.6 Å². The Labute approximate surface area is 119 Å². The lowest BCUT2D eigenvalue weighted by Gasteiger charge is -2.11. The molecular formula is C13H16F4N2O2. The summed E-state index contributed by atoms with van der Waals surface area (Å²) in [6.07, 6.45) is -4.74. The number of halogens is 4. The Morgan fingerprint density at radius 2 is 2.05 bits per heavy atom. The van der Waals surface area contributed by atoms with Crippen LogP contribution in [0.4, 0.5) is 17.6 Å². The van der Waals surface area contributed by atoms with Crippen molar-refractivity contribution in [2.45, 2.75) is 12.7 Å². The van der Waals surface area contributed by atoms with Crippen LogP contribution in [0.15, 0.2) is 18.2 Å². The van der Waals surface area contributed by atoms with E-state index in [1.54, 1.807) is 0 Å². The number of ether oxygens (including phenoxy) is 1. The summed E-state index contributed by atoms with van der Waals surface area (Å²) in [6, 6.07) is 2.73. The van der Waals surface area contributed by atoms with Gasteiger partial charge in [0.05, 0.1) is 18.7 Å². The zero-order chi connectivity index (χ0) is 15.9. The molecule has 1 aromatic rings. The van der Waals surface area contributed by atoms with Gasteiger partial charge in [-0.2, -0.15) is 13.2 Å². The van der Waals surface area contributed by atoms with E-state index in [1.807, 2.05) is 0 Å². The molecule has 1 amide bonds. The molecule has 1 aromatic carbocycles. The monoisotopic (exact) mass is 308 g/mol. The highest BCUT2D eigenvalue weighted by atomic mass is 19.4. The highest BCUT2D eigenvalue weighted by Crippen LogP contribution is 2.31. The van der Waals surface area contributed by atoms with Crippen LogP contribution >= 0.6 is 0 Å². The number of carbonyl (C=O) groups is 1. The van der Waals surface area contributed by atoms with Crippen molar-refractivity contribution in [2.24, 2.45) is 0 Å². The maximum atomic E-state index is 13.1. The van der Waals surface area contributed by atoms with E-state index in [0.29, 0.717) is 13.2 Å². The molecule has 0 aliphatic rings. The molecule has 8 heteroatoms. The van der Waals surface area contributed by atoms with Crippen LogP contribution in [0.2, 0.25) is 0 Å². The maximum Gasteiger partial charge on any atom is 0.419 e. The second-order valence-electron chi connectivity index (χ2n) is 4.26. The predicted molar refractivity (Wildman–Crippen MR) is 68.0 cm³/mol. The number of alkyl halides is 3. The number of hydrogen-bond acceptors (Lipinski definition) is 3. The number of rotatable bonds is 7. The molecule has 1 rings (SSSR count). The smallest absolute Gasteiger partial charge is 0.383 e. The first-order valence-electron chi connectivity index (χ1n) is 6.16. The number of hydrogen-bond donors (Lipinski definition) is 2. The molecule has 0 saturated heterocycles. The third-order valence-corrected chi connectivity index (χ3v) is 2.58. The average molecular weight is 308 g/mol. The van der Waals surface area contributed by atoms with Crippen LogP contribution in [-0.4, -0.2) is 32.7 Å². The predicted octanol–water partition coefficient (Wildman–Crippen LogP) is 1.70. The van der Waals surface area contributed by atoms with Gasteiger partial charge >= 0.3 is 6.18 Å². The zero-order valence-corrected chi connectivity index (χ0v) is 11.4. The summed E-state index contributed by atoms with van der Waals surface area (Å²) in [5.74, 6) is -1.62. The first-order valence-corrected chi connectivity index (χ1v) is 6.16. The lowest BCUT2D eigenvalue weighted by Crippen LogP contribution is -2.35. The molecular weight excluding hydrogens is 292 g/mol. The Bertz CT molecular complexity index is 478. The van der Waals surface area contributed by atoms with Crippen molar-refractivity contribution in [2.75, 3.05) is 26.8 Å². The molecule has 0 aromatic heterocycles. The second kappa shape index (κ2) is 7.94. The van der Waals surface area contributed by atoms with E-state index in [1.165, 1.54) is 13.2 Å². The van der Waals surface area contributed by atoms with E-state index in [-0.39, 0.29) is 24.6 Å². The molecule has 4 nitrogen and oxygen atoms in total. The quantitative estimate of drug-likeness (QED) is 0.595. The van der Waals surface area contributed by atoms with Crippen molar-refractivity contribution in [3.8, 4) is 0 Å². The molecule has 0 fully saturated rings. The van der Waals surface area contributed by atoms with Gasteiger partial charge in [0, 0.05) is 20.2 Å². The van der Waals surface area contributed by atoms with Gasteiger partial charge in [-0.1, -0.05) is 6.07 Å². The number of nitrogens with one attached hydrogen (secondary N) is 2. The number of benzene rings is 1. The van der Waals surface area contributed by atoms with E-state index < -0.39 is 17.6 Å². The van der Waals surface area contributed by atoms with Crippen molar-refractivity contribution >= 4 is 5.91 Å². The molecule has 0 spiro atoms. The lowest BCUT2D eigenvalue weighted by atomic mass is 10.1. The Balaban J connectivity index is 2.48. The van der Waals surface area contributed by atoms with Gasteiger partial charge in [0.1, 0.15) is 5.82 Å². The molecule has 118 valence electrons. The third-order valence-electron chi connectivity index (χ3n) is 2.58. The molecule has 0 saturated carbocycles. The SMILES string of the molecule is COCCNC(=O)CNCc1ccc(F)c(C(F)(F)F)c1. The van der Waals surface area contributed by atoms with Gasteiger partial charge in [-0.3, -0.25) is 4.79 Å². The first kappa shape index (κ1) is 17.4. The maximum absolute atomic E-state index is 13.1. The van der Waals surface area contributed by atoms with Crippen molar-refractivity contribution < 1.29 is 27.1 Å². The topological polar surface area (TPSA) is 50.4 Å². The Hall–Kier alpha value is -1.67. The Morgan fingerprint density at radius 3 is 2.67 bits per heavy atom. The molecule has 0 atom stereocenters. The molecule has 0 radical (unpaired) electrons. The second-order valence-corrected chi connectivity index (χ2v) is 4.26. The summed E-state index contributed by atoms with van der Waals surface area (Å²) >= 11 is 0. The number of amides is 1. The van der Waals surface area contributed by atoms with Crippen LogP contribution in [0.3, 0.4) is 0 Å². The summed E-state index contributed by atoms with van der Waals surface area (Å²) in [4.78, 5) is 11.3. The van der Waals surface area contributed by atoms with Gasteiger partial charge < -0.3 is 15.4 Å². The van der Waals surface area contributed by atoms with Gasteiger partial charge in [0.25, 0.3) is 0 Å². The minimum atomic E-state index is -4.74. The Morgan fingerprint density at radius 1 is 1.33 bits per heavy atom. The summed E-state index contributed by atoms with van der Waals surface area (Å²) in [6.45, 7) is 0.702.